The van der Waals surface area contributed by atoms with E-state index in [0.29, 0.717) is 16.9 Å². The minimum Gasteiger partial charge on any atom is -0.306 e. The molecule has 0 fully saturated rings. The van der Waals surface area contributed by atoms with Gasteiger partial charge in [-0.1, -0.05) is 29.8 Å². The lowest BCUT2D eigenvalue weighted by Gasteiger charge is -2.05. The molecule has 0 atom stereocenters. The molecular formula is C23H19N5O2. The quantitative estimate of drug-likeness (QED) is 0.505. The van der Waals surface area contributed by atoms with Crippen LogP contribution in [0.25, 0.3) is 22.2 Å². The summed E-state index contributed by atoms with van der Waals surface area (Å²) in [5.41, 5.74) is 3.97. The van der Waals surface area contributed by atoms with E-state index in [1.165, 1.54) is 4.68 Å². The number of nitrogens with one attached hydrogen (secondary N) is 1. The van der Waals surface area contributed by atoms with E-state index in [-0.39, 0.29) is 0 Å². The third-order valence-electron chi connectivity index (χ3n) is 5.25. The highest BCUT2D eigenvalue weighted by molar-refractivity contribution is 5.91. The fourth-order valence-corrected chi connectivity index (χ4v) is 3.63. The fourth-order valence-electron chi connectivity index (χ4n) is 3.63. The van der Waals surface area contributed by atoms with Crippen LogP contribution in [0.3, 0.4) is 0 Å². The molecule has 30 heavy (non-hydrogen) atoms. The summed E-state index contributed by atoms with van der Waals surface area (Å²) in [7, 11) is 0. The summed E-state index contributed by atoms with van der Waals surface area (Å²) in [6, 6.07) is 17.3. The standard InChI is InChI=1S/C23H19N5O2/c1-15-4-9-18(10-5-15)28-23(30)27-21(26-28)19-13-16(8-11-20(19)25-22(27)29)6-7-17-3-2-12-24-14-17/h2-5,8-14H,6-7H2,1H3,(H,25,29). The number of benzene rings is 2. The van der Waals surface area contributed by atoms with Crippen LogP contribution in [0.15, 0.2) is 76.6 Å². The maximum Gasteiger partial charge on any atom is 0.359 e. The first-order valence-electron chi connectivity index (χ1n) is 9.73. The predicted octanol–water partition coefficient (Wildman–Crippen LogP) is 2.82. The summed E-state index contributed by atoms with van der Waals surface area (Å²) in [6.07, 6.45) is 5.29. The van der Waals surface area contributed by atoms with Gasteiger partial charge >= 0.3 is 11.4 Å². The Morgan fingerprint density at radius 3 is 2.53 bits per heavy atom. The second kappa shape index (κ2) is 7.11. The van der Waals surface area contributed by atoms with Crippen molar-refractivity contribution in [2.45, 2.75) is 19.8 Å². The Balaban J connectivity index is 1.63. The van der Waals surface area contributed by atoms with Crippen molar-refractivity contribution in [3.05, 3.63) is 105 Å². The normalized spacial score (nSPS) is 11.4. The highest BCUT2D eigenvalue weighted by atomic mass is 16.2. The zero-order chi connectivity index (χ0) is 20.7. The van der Waals surface area contributed by atoms with Crippen LogP contribution in [0.5, 0.6) is 0 Å². The maximum atomic E-state index is 12.9. The van der Waals surface area contributed by atoms with Crippen molar-refractivity contribution in [3.8, 4) is 5.69 Å². The van der Waals surface area contributed by atoms with Crippen LogP contribution in [0.2, 0.25) is 0 Å². The van der Waals surface area contributed by atoms with Crippen molar-refractivity contribution in [1.29, 1.82) is 0 Å². The van der Waals surface area contributed by atoms with Gasteiger partial charge in [0.05, 0.1) is 11.2 Å². The van der Waals surface area contributed by atoms with E-state index in [2.05, 4.69) is 15.1 Å². The van der Waals surface area contributed by atoms with Gasteiger partial charge < -0.3 is 4.98 Å². The van der Waals surface area contributed by atoms with Crippen LogP contribution in [-0.4, -0.2) is 24.1 Å². The molecule has 5 rings (SSSR count). The second-order valence-electron chi connectivity index (χ2n) is 7.36. The SMILES string of the molecule is Cc1ccc(-n2nc3c4cc(CCc5cccnc5)ccc4[nH]c(=O)n3c2=O)cc1. The Labute approximate surface area is 171 Å². The molecule has 0 aliphatic rings. The zero-order valence-corrected chi connectivity index (χ0v) is 16.4. The van der Waals surface area contributed by atoms with Crippen LogP contribution in [0, 0.1) is 6.92 Å². The summed E-state index contributed by atoms with van der Waals surface area (Å²) in [5.74, 6) is 0. The minimum absolute atomic E-state index is 0.350. The van der Waals surface area contributed by atoms with E-state index in [1.807, 2.05) is 67.7 Å². The number of pyridine rings is 1. The molecular weight excluding hydrogens is 378 g/mol. The van der Waals surface area contributed by atoms with Gasteiger partial charge in [0.1, 0.15) is 0 Å². The Bertz CT molecular complexity index is 1480. The smallest absolute Gasteiger partial charge is 0.306 e. The summed E-state index contributed by atoms with van der Waals surface area (Å²) >= 11 is 0. The Morgan fingerprint density at radius 1 is 0.967 bits per heavy atom. The number of fused-ring (bicyclic) bond motifs is 3. The zero-order valence-electron chi connectivity index (χ0n) is 16.4. The molecule has 5 aromatic rings. The van der Waals surface area contributed by atoms with Crippen molar-refractivity contribution in [2.75, 3.05) is 0 Å². The van der Waals surface area contributed by atoms with E-state index in [1.54, 1.807) is 6.20 Å². The lowest BCUT2D eigenvalue weighted by molar-refractivity contribution is 0.827. The monoisotopic (exact) mass is 397 g/mol. The average molecular weight is 397 g/mol. The highest BCUT2D eigenvalue weighted by Gasteiger charge is 2.15. The molecule has 0 saturated heterocycles. The fraction of sp³-hybridized carbons (Fsp3) is 0.130. The predicted molar refractivity (Wildman–Crippen MR) is 115 cm³/mol. The van der Waals surface area contributed by atoms with Gasteiger partial charge in [0.15, 0.2) is 5.65 Å². The van der Waals surface area contributed by atoms with Crippen LogP contribution >= 0.6 is 0 Å². The van der Waals surface area contributed by atoms with Crippen LogP contribution in [0.4, 0.5) is 0 Å². The Hall–Kier alpha value is -4.00. The topological polar surface area (TPSA) is 85.1 Å². The largest absolute Gasteiger partial charge is 0.359 e. The molecule has 0 unspecified atom stereocenters. The molecule has 0 spiro atoms. The molecule has 0 amide bonds. The molecule has 0 aliphatic heterocycles. The molecule has 0 radical (unpaired) electrons. The number of aromatic amines is 1. The Kier molecular flexibility index (Phi) is 4.28. The van der Waals surface area contributed by atoms with E-state index in [4.69, 9.17) is 0 Å². The molecule has 148 valence electrons. The molecule has 0 aliphatic carbocycles. The molecule has 0 saturated carbocycles. The molecule has 3 heterocycles. The number of aryl methyl sites for hydroxylation is 3. The molecule has 7 heteroatoms. The molecule has 2 aromatic carbocycles. The van der Waals surface area contributed by atoms with Gasteiger partial charge in [0.25, 0.3) is 0 Å². The van der Waals surface area contributed by atoms with Gasteiger partial charge in [-0.05, 0) is 61.2 Å². The van der Waals surface area contributed by atoms with Gasteiger partial charge in [-0.3, -0.25) is 4.98 Å². The lowest BCUT2D eigenvalue weighted by Crippen LogP contribution is -2.29. The van der Waals surface area contributed by atoms with Crippen LogP contribution < -0.4 is 11.4 Å². The highest BCUT2D eigenvalue weighted by Crippen LogP contribution is 2.18. The number of nitrogens with zero attached hydrogens (tertiary/aromatic N) is 4. The van der Waals surface area contributed by atoms with Crippen molar-refractivity contribution in [3.63, 3.8) is 0 Å². The first-order valence-corrected chi connectivity index (χ1v) is 9.73. The third-order valence-corrected chi connectivity index (χ3v) is 5.25. The van der Waals surface area contributed by atoms with Crippen molar-refractivity contribution < 1.29 is 0 Å². The summed E-state index contributed by atoms with van der Waals surface area (Å²) < 4.78 is 2.36. The maximum absolute atomic E-state index is 12.9. The third kappa shape index (κ3) is 3.10. The molecule has 3 aromatic heterocycles. The first-order chi connectivity index (χ1) is 14.6. The van der Waals surface area contributed by atoms with Crippen molar-refractivity contribution in [1.82, 2.24) is 24.1 Å². The summed E-state index contributed by atoms with van der Waals surface area (Å²) in [6.45, 7) is 1.97. The van der Waals surface area contributed by atoms with E-state index in [9.17, 15) is 9.59 Å². The van der Waals surface area contributed by atoms with Gasteiger partial charge in [0, 0.05) is 17.8 Å². The van der Waals surface area contributed by atoms with Gasteiger partial charge in [-0.25, -0.2) is 9.59 Å². The Morgan fingerprint density at radius 2 is 1.77 bits per heavy atom. The molecule has 0 bridgehead atoms. The van der Waals surface area contributed by atoms with Gasteiger partial charge in [0.2, 0.25) is 0 Å². The lowest BCUT2D eigenvalue weighted by atomic mass is 10.0. The van der Waals surface area contributed by atoms with Crippen LogP contribution in [0.1, 0.15) is 16.7 Å². The van der Waals surface area contributed by atoms with E-state index in [0.717, 1.165) is 39.3 Å². The van der Waals surface area contributed by atoms with Crippen molar-refractivity contribution in [2.24, 2.45) is 0 Å². The number of hydrogen-bond donors (Lipinski definition) is 1. The van der Waals surface area contributed by atoms with Crippen LogP contribution in [-0.2, 0) is 12.8 Å². The second-order valence-corrected chi connectivity index (χ2v) is 7.36. The van der Waals surface area contributed by atoms with Gasteiger partial charge in [-0.15, -0.1) is 5.10 Å². The number of H-pyrrole nitrogens is 1. The summed E-state index contributed by atoms with van der Waals surface area (Å²) in [4.78, 5) is 32.4. The van der Waals surface area contributed by atoms with E-state index < -0.39 is 11.4 Å². The molecule has 7 nitrogen and oxygen atoms in total. The van der Waals surface area contributed by atoms with E-state index >= 15 is 0 Å². The van der Waals surface area contributed by atoms with Gasteiger partial charge in [-0.2, -0.15) is 9.08 Å². The number of aromatic nitrogens is 5. The molecule has 1 N–H and O–H groups in total. The first kappa shape index (κ1) is 18.1. The number of hydrogen-bond acceptors (Lipinski definition) is 4. The van der Waals surface area contributed by atoms with Crippen molar-refractivity contribution >= 4 is 16.6 Å². The average Bonchev–Trinajstić information content (AvgIpc) is 3.12. The summed E-state index contributed by atoms with van der Waals surface area (Å²) in [5, 5.41) is 5.23. The minimum atomic E-state index is -0.496. The number of rotatable bonds is 4.